The third-order valence-corrected chi connectivity index (χ3v) is 2.26. The summed E-state index contributed by atoms with van der Waals surface area (Å²) in [4.78, 5) is 10.3. The van der Waals surface area contributed by atoms with Crippen LogP contribution in [0, 0.1) is 17.0 Å². The molecule has 64 valence electrons. The van der Waals surface area contributed by atoms with E-state index in [4.69, 9.17) is 11.6 Å². The smallest absolute Gasteiger partial charge is 0.258 e. The van der Waals surface area contributed by atoms with E-state index in [9.17, 15) is 10.1 Å². The molecule has 12 heavy (non-hydrogen) atoms. The summed E-state index contributed by atoms with van der Waals surface area (Å²) in [6, 6.07) is 3.10. The molecule has 0 unspecified atom stereocenters. The van der Waals surface area contributed by atoms with Crippen molar-refractivity contribution in [3.05, 3.63) is 32.8 Å². The van der Waals surface area contributed by atoms with Crippen molar-refractivity contribution in [2.75, 3.05) is 0 Å². The van der Waals surface area contributed by atoms with Crippen molar-refractivity contribution in [1.29, 1.82) is 0 Å². The monoisotopic (exact) mass is 203 g/mol. The molecule has 0 saturated carbocycles. The first-order chi connectivity index (χ1) is 5.52. The number of nitrogens with zero attached hydrogens (tertiary/aromatic N) is 1. The van der Waals surface area contributed by atoms with Gasteiger partial charge in [-0.3, -0.25) is 10.1 Å². The van der Waals surface area contributed by atoms with Gasteiger partial charge in [0.15, 0.2) is 0 Å². The van der Waals surface area contributed by atoms with Crippen LogP contribution in [0.1, 0.15) is 5.56 Å². The molecule has 0 N–H and O–H groups in total. The SMILES string of the molecule is Cc1cc(S)c(Cl)c([N+](=O)[O-])c1. The lowest BCUT2D eigenvalue weighted by molar-refractivity contribution is -0.384. The summed E-state index contributed by atoms with van der Waals surface area (Å²) >= 11 is 9.64. The minimum atomic E-state index is -0.519. The van der Waals surface area contributed by atoms with Crippen LogP contribution in [0.3, 0.4) is 0 Å². The second-order valence-electron chi connectivity index (χ2n) is 2.37. The normalized spacial score (nSPS) is 9.92. The third kappa shape index (κ3) is 1.70. The van der Waals surface area contributed by atoms with E-state index in [0.29, 0.717) is 4.90 Å². The van der Waals surface area contributed by atoms with E-state index in [1.54, 1.807) is 13.0 Å². The standard InChI is InChI=1S/C7H6ClNO2S/c1-4-2-5(9(10)11)7(8)6(12)3-4/h2-3,12H,1H3. The highest BCUT2D eigenvalue weighted by molar-refractivity contribution is 7.80. The fraction of sp³-hybridized carbons (Fsp3) is 0.143. The van der Waals surface area contributed by atoms with Crippen molar-refractivity contribution < 1.29 is 4.92 Å². The van der Waals surface area contributed by atoms with Crippen molar-refractivity contribution in [2.45, 2.75) is 11.8 Å². The lowest BCUT2D eigenvalue weighted by Gasteiger charge is -1.99. The van der Waals surface area contributed by atoms with E-state index < -0.39 is 4.92 Å². The molecular formula is C7H6ClNO2S. The largest absolute Gasteiger partial charge is 0.289 e. The Balaban J connectivity index is 3.37. The highest BCUT2D eigenvalue weighted by Gasteiger charge is 2.14. The Morgan fingerprint density at radius 2 is 2.17 bits per heavy atom. The summed E-state index contributed by atoms with van der Waals surface area (Å²) in [6.07, 6.45) is 0. The molecule has 5 heteroatoms. The number of benzene rings is 1. The van der Waals surface area contributed by atoms with Crippen molar-refractivity contribution in [3.63, 3.8) is 0 Å². The van der Waals surface area contributed by atoms with Crippen LogP contribution in [0.15, 0.2) is 17.0 Å². The van der Waals surface area contributed by atoms with E-state index in [1.165, 1.54) is 6.07 Å². The number of hydrogen-bond donors (Lipinski definition) is 1. The molecular weight excluding hydrogens is 198 g/mol. The predicted octanol–water partition coefficient (Wildman–Crippen LogP) is 2.85. The zero-order valence-corrected chi connectivity index (χ0v) is 7.89. The highest BCUT2D eigenvalue weighted by Crippen LogP contribution is 2.31. The zero-order valence-electron chi connectivity index (χ0n) is 6.24. The summed E-state index contributed by atoms with van der Waals surface area (Å²) in [7, 11) is 0. The minimum absolute atomic E-state index is 0.0916. The Bertz CT molecular complexity index is 340. The van der Waals surface area contributed by atoms with Gasteiger partial charge >= 0.3 is 0 Å². The van der Waals surface area contributed by atoms with Crippen LogP contribution in [-0.4, -0.2) is 4.92 Å². The van der Waals surface area contributed by atoms with Gasteiger partial charge in [0.1, 0.15) is 5.02 Å². The Labute approximate surface area is 79.9 Å². The molecule has 0 fully saturated rings. The van der Waals surface area contributed by atoms with Gasteiger partial charge in [-0.15, -0.1) is 12.6 Å². The maximum Gasteiger partial charge on any atom is 0.289 e. The van der Waals surface area contributed by atoms with E-state index >= 15 is 0 Å². The maximum atomic E-state index is 10.4. The molecule has 0 spiro atoms. The number of halogens is 1. The first-order valence-corrected chi connectivity index (χ1v) is 3.98. The molecule has 1 aromatic carbocycles. The number of nitro benzene ring substituents is 1. The lowest BCUT2D eigenvalue weighted by atomic mass is 10.2. The lowest BCUT2D eigenvalue weighted by Crippen LogP contribution is -1.90. The van der Waals surface area contributed by atoms with Crippen molar-refractivity contribution >= 4 is 29.9 Å². The van der Waals surface area contributed by atoms with Crippen LogP contribution in [0.4, 0.5) is 5.69 Å². The van der Waals surface area contributed by atoms with Crippen LogP contribution >= 0.6 is 24.2 Å². The summed E-state index contributed by atoms with van der Waals surface area (Å²) < 4.78 is 0. The molecule has 0 aliphatic rings. The minimum Gasteiger partial charge on any atom is -0.258 e. The average molecular weight is 204 g/mol. The third-order valence-electron chi connectivity index (χ3n) is 1.38. The van der Waals surface area contributed by atoms with Crippen LogP contribution < -0.4 is 0 Å². The first-order valence-electron chi connectivity index (χ1n) is 3.16. The fourth-order valence-electron chi connectivity index (χ4n) is 0.864. The van der Waals surface area contributed by atoms with E-state index in [-0.39, 0.29) is 10.7 Å². The van der Waals surface area contributed by atoms with E-state index in [1.807, 2.05) is 0 Å². The van der Waals surface area contributed by atoms with Crippen molar-refractivity contribution in [3.8, 4) is 0 Å². The Morgan fingerprint density at radius 3 is 2.67 bits per heavy atom. The second-order valence-corrected chi connectivity index (χ2v) is 3.23. The fourth-order valence-corrected chi connectivity index (χ4v) is 1.36. The maximum absolute atomic E-state index is 10.4. The molecule has 0 radical (unpaired) electrons. The van der Waals surface area contributed by atoms with Gasteiger partial charge in [0, 0.05) is 11.0 Å². The second kappa shape index (κ2) is 3.33. The summed E-state index contributed by atoms with van der Waals surface area (Å²) in [6.45, 7) is 1.75. The quantitative estimate of drug-likeness (QED) is 0.433. The van der Waals surface area contributed by atoms with Gasteiger partial charge in [-0.05, 0) is 18.6 Å². The average Bonchev–Trinajstić information content (AvgIpc) is 1.96. The summed E-state index contributed by atoms with van der Waals surface area (Å²) in [5.41, 5.74) is 0.678. The van der Waals surface area contributed by atoms with Gasteiger partial charge in [-0.2, -0.15) is 0 Å². The van der Waals surface area contributed by atoms with Crippen LogP contribution in [-0.2, 0) is 0 Å². The van der Waals surface area contributed by atoms with E-state index in [2.05, 4.69) is 12.6 Å². The number of aryl methyl sites for hydroxylation is 1. The molecule has 0 amide bonds. The van der Waals surface area contributed by atoms with Gasteiger partial charge in [0.2, 0.25) is 0 Å². The van der Waals surface area contributed by atoms with Gasteiger partial charge in [0.25, 0.3) is 5.69 Å². The molecule has 0 aliphatic carbocycles. The van der Waals surface area contributed by atoms with Crippen LogP contribution in [0.2, 0.25) is 5.02 Å². The number of rotatable bonds is 1. The molecule has 0 heterocycles. The Kier molecular flexibility index (Phi) is 2.59. The molecule has 0 atom stereocenters. The highest BCUT2D eigenvalue weighted by atomic mass is 35.5. The molecule has 1 aromatic rings. The van der Waals surface area contributed by atoms with Gasteiger partial charge in [-0.1, -0.05) is 11.6 Å². The number of thiol groups is 1. The first kappa shape index (κ1) is 9.35. The van der Waals surface area contributed by atoms with Gasteiger partial charge in [0.05, 0.1) is 4.92 Å². The Hall–Kier alpha value is -0.740. The van der Waals surface area contributed by atoms with Crippen LogP contribution in [0.5, 0.6) is 0 Å². The summed E-state index contributed by atoms with van der Waals surface area (Å²) in [5, 5.41) is 10.5. The van der Waals surface area contributed by atoms with Crippen LogP contribution in [0.25, 0.3) is 0 Å². The topological polar surface area (TPSA) is 43.1 Å². The molecule has 0 bridgehead atoms. The molecule has 0 saturated heterocycles. The molecule has 1 rings (SSSR count). The van der Waals surface area contributed by atoms with Gasteiger partial charge in [-0.25, -0.2) is 0 Å². The van der Waals surface area contributed by atoms with Gasteiger partial charge < -0.3 is 0 Å². The van der Waals surface area contributed by atoms with Crippen molar-refractivity contribution in [2.24, 2.45) is 0 Å². The van der Waals surface area contributed by atoms with Crippen molar-refractivity contribution in [1.82, 2.24) is 0 Å². The number of nitro groups is 1. The number of hydrogen-bond acceptors (Lipinski definition) is 3. The van der Waals surface area contributed by atoms with E-state index in [0.717, 1.165) is 5.56 Å². The predicted molar refractivity (Wildman–Crippen MR) is 50.1 cm³/mol. The summed E-state index contributed by atoms with van der Waals surface area (Å²) in [5.74, 6) is 0. The molecule has 0 aliphatic heterocycles. The zero-order chi connectivity index (χ0) is 9.30. The molecule has 3 nitrogen and oxygen atoms in total. The molecule has 0 aromatic heterocycles. The Morgan fingerprint density at radius 1 is 1.58 bits per heavy atom.